The van der Waals surface area contributed by atoms with Crippen LogP contribution < -0.4 is 5.46 Å². The van der Waals surface area contributed by atoms with Gasteiger partial charge in [-0.15, -0.1) is 22.7 Å². The topological polar surface area (TPSA) is 147 Å². The number of hydrogen-bond acceptors (Lipinski definition) is 14. The molecule has 1 fully saturated rings. The molecule has 610 valence electrons. The summed E-state index contributed by atoms with van der Waals surface area (Å²) < 4.78 is 17.1. The minimum Gasteiger partial charge on any atom is -0.399 e. The van der Waals surface area contributed by atoms with E-state index in [1.54, 1.807) is 28.9 Å². The summed E-state index contributed by atoms with van der Waals surface area (Å²) in [5, 5.41) is 5.28. The molecule has 0 spiro atoms. The van der Waals surface area contributed by atoms with Crippen molar-refractivity contribution in [2.45, 2.75) is 38.9 Å². The molecule has 23 rings (SSSR count). The Morgan fingerprint density at radius 1 is 0.250 bits per heavy atom. The van der Waals surface area contributed by atoms with Crippen LogP contribution in [0.4, 0.5) is 0 Å². The van der Waals surface area contributed by atoms with Crippen molar-refractivity contribution in [3.63, 3.8) is 0 Å². The normalized spacial score (nSPS) is 12.8. The third-order valence-corrected chi connectivity index (χ3v) is 26.6. The maximum Gasteiger partial charge on any atom is 0.494 e. The molecule has 0 atom stereocenters. The second-order valence-corrected chi connectivity index (χ2v) is 35.0. The average molecular weight is 1710 g/mol. The van der Waals surface area contributed by atoms with Crippen molar-refractivity contribution in [3.05, 3.63) is 406 Å². The van der Waals surface area contributed by atoms with Gasteiger partial charge >= 0.3 is 7.12 Å². The van der Waals surface area contributed by atoms with E-state index in [4.69, 9.17) is 60.8 Å². The van der Waals surface area contributed by atoms with E-state index in [9.17, 15) is 0 Å². The Bertz CT molecular complexity index is 7840. The van der Waals surface area contributed by atoms with Gasteiger partial charge in [0.05, 0.1) is 48.4 Å². The first-order valence-electron chi connectivity index (χ1n) is 42.5. The smallest absolute Gasteiger partial charge is 0.399 e. The fourth-order valence-corrected chi connectivity index (χ4v) is 19.0. The molecule has 22 aromatic rings. The molecule has 9 heterocycles. The summed E-state index contributed by atoms with van der Waals surface area (Å²) in [6, 6.07) is 134. The van der Waals surface area contributed by atoms with E-state index < -0.39 is 0 Å². The van der Waals surface area contributed by atoms with Gasteiger partial charge in [-0.2, -0.15) is 0 Å². The molecule has 12 nitrogen and oxygen atoms in total. The lowest BCUT2D eigenvalue weighted by molar-refractivity contribution is 0.00578. The van der Waals surface area contributed by atoms with Crippen molar-refractivity contribution in [1.82, 2.24) is 49.8 Å². The quantitative estimate of drug-likeness (QED) is 0.0754. The van der Waals surface area contributed by atoms with Gasteiger partial charge in [-0.25, -0.2) is 39.9 Å². The largest absolute Gasteiger partial charge is 0.494 e. The highest BCUT2D eigenvalue weighted by atomic mass is 35.5. The van der Waals surface area contributed by atoms with Crippen molar-refractivity contribution in [3.8, 4) is 146 Å². The molecule has 14 aromatic carbocycles. The van der Waals surface area contributed by atoms with Crippen LogP contribution in [0.2, 0.25) is 5.15 Å². The average Bonchev–Trinajstić information content (AvgIpc) is 1.60. The lowest BCUT2D eigenvalue weighted by Gasteiger charge is -2.32. The first kappa shape index (κ1) is 80.1. The number of nitrogens with zero attached hydrogens (tertiary/aromatic N) is 10. The van der Waals surface area contributed by atoms with E-state index in [-0.39, 0.29) is 18.3 Å². The minimum atomic E-state index is -0.372. The van der Waals surface area contributed by atoms with Crippen LogP contribution in [0.3, 0.4) is 0 Å². The standard InChI is InChI=1S/C53H33N5S.C45H38BN3O2.C14H7ClN2S/c1-3-11-34(12-4-1)35-26-30-41(31-27-35)52-56-51(40-13-5-2-6-14-40)57-53(58-52)43-16-9-15-42(33-43)38-22-20-36(21-23-38)37-24-28-39(29-25-37)48-50-47(44-17-7-8-19-46(44)59-50)49-45(55-48)18-10-32-54-49;1-44(2)45(3,4)51-46(50-44)40-28-26-34(27-29-40)33-18-20-35(21-19-33)38-16-11-17-39(30-38)43-48-41(36-14-9-6-10-15-36)47-42(49-43)37-24-22-32(23-25-37)31-12-7-5-8-13-31;15-14-13-11(8-4-1-2-6-10(8)18-13)12-9(17-14)5-3-7-16-12/h1-33H;5-30H,1-4H3;1-7H. The number of benzene rings is 14. The number of rotatable bonds is 14. The maximum absolute atomic E-state index is 6.28. The van der Waals surface area contributed by atoms with Crippen LogP contribution in [0.5, 0.6) is 0 Å². The predicted molar refractivity (Wildman–Crippen MR) is 529 cm³/mol. The molecule has 1 aliphatic heterocycles. The molecule has 8 aromatic heterocycles. The number of fused-ring (bicyclic) bond motifs is 10. The summed E-state index contributed by atoms with van der Waals surface area (Å²) in [6.07, 6.45) is 3.65. The van der Waals surface area contributed by atoms with Gasteiger partial charge in [0, 0.05) is 82.3 Å². The SMILES string of the molecule is CC1(C)OB(c2ccc(-c3ccc(-c4cccc(-c5nc(-c6ccccc6)nc(-c6ccc(-c7ccccc7)cc6)n5)c4)cc3)cc2)OC1(C)C.Clc1nc2cccnc2c2c1sc1ccccc12.c1ccc(-c2ccc(-c3nc(-c4ccccc4)nc(-c4cccc(-c5ccc(-c6ccc(-c7nc8cccnc8c8c7sc7ccccc78)cc6)cc5)c4)n3)cc2)cc1. The number of pyridine rings is 4. The third kappa shape index (κ3) is 16.2. The van der Waals surface area contributed by atoms with E-state index in [1.807, 2.05) is 109 Å². The lowest BCUT2D eigenvalue weighted by Crippen LogP contribution is -2.41. The van der Waals surface area contributed by atoms with Crippen molar-refractivity contribution in [1.29, 1.82) is 0 Å². The van der Waals surface area contributed by atoms with Crippen LogP contribution in [0.1, 0.15) is 27.7 Å². The van der Waals surface area contributed by atoms with E-state index >= 15 is 0 Å². The Balaban J connectivity index is 0.000000131. The monoisotopic (exact) mass is 1700 g/mol. The first-order chi connectivity index (χ1) is 62.8. The fraction of sp³-hybridized carbons (Fsp3) is 0.0536. The molecule has 0 saturated carbocycles. The summed E-state index contributed by atoms with van der Waals surface area (Å²) in [5.74, 6) is 3.81. The lowest BCUT2D eigenvalue weighted by atomic mass is 9.78. The summed E-state index contributed by atoms with van der Waals surface area (Å²) in [5.41, 5.74) is 25.2. The van der Waals surface area contributed by atoms with Crippen LogP contribution in [0.15, 0.2) is 401 Å². The van der Waals surface area contributed by atoms with Gasteiger partial charge in [-0.1, -0.05) is 351 Å². The summed E-state index contributed by atoms with van der Waals surface area (Å²) >= 11 is 9.73. The molecule has 0 aliphatic carbocycles. The molecule has 0 bridgehead atoms. The van der Waals surface area contributed by atoms with Gasteiger partial charge in [-0.3, -0.25) is 9.97 Å². The Labute approximate surface area is 753 Å². The van der Waals surface area contributed by atoms with Crippen LogP contribution in [-0.4, -0.2) is 68.2 Å². The Hall–Kier alpha value is -15.1. The fourth-order valence-electron chi connectivity index (χ4n) is 16.4. The van der Waals surface area contributed by atoms with Crippen LogP contribution in [-0.2, 0) is 9.31 Å². The zero-order valence-electron chi connectivity index (χ0n) is 70.2. The van der Waals surface area contributed by atoms with Crippen molar-refractivity contribution < 1.29 is 9.31 Å². The molecular formula is C112H78BClN10O2S2. The second-order valence-electron chi connectivity index (χ2n) is 32.5. The van der Waals surface area contributed by atoms with Crippen LogP contribution in [0, 0.1) is 0 Å². The Morgan fingerprint density at radius 3 is 0.930 bits per heavy atom. The van der Waals surface area contributed by atoms with Gasteiger partial charge in [0.2, 0.25) is 0 Å². The minimum absolute atomic E-state index is 0.367. The molecular weight excluding hydrogens is 1630 g/mol. The van der Waals surface area contributed by atoms with Crippen LogP contribution in [0.25, 0.3) is 209 Å². The van der Waals surface area contributed by atoms with Gasteiger partial charge in [0.1, 0.15) is 5.15 Å². The van der Waals surface area contributed by atoms with Crippen LogP contribution >= 0.6 is 34.3 Å². The molecule has 0 N–H and O–H groups in total. The molecule has 0 radical (unpaired) electrons. The van der Waals surface area contributed by atoms with Crippen molar-refractivity contribution in [2.24, 2.45) is 0 Å². The zero-order valence-corrected chi connectivity index (χ0v) is 72.6. The summed E-state index contributed by atoms with van der Waals surface area (Å²) in [6.45, 7) is 8.31. The predicted octanol–water partition coefficient (Wildman–Crippen LogP) is 28.7. The van der Waals surface area contributed by atoms with Crippen molar-refractivity contribution in [2.75, 3.05) is 0 Å². The highest BCUT2D eigenvalue weighted by molar-refractivity contribution is 7.27. The summed E-state index contributed by atoms with van der Waals surface area (Å²) in [7, 11) is -0.372. The first-order valence-corrected chi connectivity index (χ1v) is 44.5. The second kappa shape index (κ2) is 34.5. The molecule has 1 saturated heterocycles. The van der Waals surface area contributed by atoms with E-state index in [1.165, 1.54) is 41.4 Å². The number of halogens is 1. The molecule has 0 unspecified atom stereocenters. The maximum atomic E-state index is 6.28. The van der Waals surface area contributed by atoms with Gasteiger partial charge in [0.15, 0.2) is 34.9 Å². The Morgan fingerprint density at radius 2 is 0.531 bits per heavy atom. The van der Waals surface area contributed by atoms with Crippen molar-refractivity contribution >= 4 is 109 Å². The highest BCUT2D eigenvalue weighted by Gasteiger charge is 2.51. The zero-order chi connectivity index (χ0) is 86.2. The van der Waals surface area contributed by atoms with E-state index in [2.05, 4.69) is 323 Å². The van der Waals surface area contributed by atoms with E-state index in [0.29, 0.717) is 40.1 Å². The van der Waals surface area contributed by atoms with Gasteiger partial charge in [-0.05, 0) is 148 Å². The summed E-state index contributed by atoms with van der Waals surface area (Å²) in [4.78, 5) is 48.6. The number of hydrogen-bond donors (Lipinski definition) is 0. The third-order valence-electron chi connectivity index (χ3n) is 23.9. The van der Waals surface area contributed by atoms with E-state index in [0.717, 1.165) is 138 Å². The van der Waals surface area contributed by atoms with Gasteiger partial charge < -0.3 is 9.31 Å². The highest BCUT2D eigenvalue weighted by Crippen LogP contribution is 2.45. The molecule has 16 heteroatoms. The number of aromatic nitrogens is 10. The molecule has 0 amide bonds. The molecule has 1 aliphatic rings. The number of thiophene rings is 2. The van der Waals surface area contributed by atoms with Gasteiger partial charge in [0.25, 0.3) is 0 Å². The molecule has 128 heavy (non-hydrogen) atoms. The Kier molecular flexibility index (Phi) is 21.6.